The van der Waals surface area contributed by atoms with Crippen LogP contribution in [-0.2, 0) is 0 Å². The Bertz CT molecular complexity index is 48.5. The van der Waals surface area contributed by atoms with E-state index in [-0.39, 0.29) is 5.92 Å². The Balaban J connectivity index is 3.29. The van der Waals surface area contributed by atoms with E-state index in [9.17, 15) is 4.39 Å². The number of halogens is 2. The van der Waals surface area contributed by atoms with Gasteiger partial charge in [-0.1, -0.05) is 36.2 Å². The Kier molecular flexibility index (Phi) is 4.53. The lowest BCUT2D eigenvalue weighted by Crippen LogP contribution is -2.12. The normalized spacial score (nSPS) is 18.0. The number of alkyl halides is 2. The third kappa shape index (κ3) is 2.65. The highest BCUT2D eigenvalue weighted by atomic mass is 79.9. The highest BCUT2D eigenvalue weighted by Crippen LogP contribution is 2.12. The summed E-state index contributed by atoms with van der Waals surface area (Å²) < 4.78 is 12.5. The van der Waals surface area contributed by atoms with E-state index in [1.54, 1.807) is 0 Å². The molecule has 0 spiro atoms. The average Bonchev–Trinajstić information content (AvgIpc) is 1.84. The van der Waals surface area contributed by atoms with Gasteiger partial charge in [0.1, 0.15) is 6.17 Å². The van der Waals surface area contributed by atoms with E-state index in [4.69, 9.17) is 0 Å². The zero-order valence-corrected chi connectivity index (χ0v) is 6.91. The van der Waals surface area contributed by atoms with E-state index in [0.717, 1.165) is 6.42 Å². The highest BCUT2D eigenvalue weighted by Gasteiger charge is 2.11. The van der Waals surface area contributed by atoms with Crippen LogP contribution in [0, 0.1) is 5.92 Å². The van der Waals surface area contributed by atoms with Crippen LogP contribution in [0.25, 0.3) is 0 Å². The van der Waals surface area contributed by atoms with Gasteiger partial charge in [0.05, 0.1) is 0 Å². The molecule has 0 fully saturated rings. The summed E-state index contributed by atoms with van der Waals surface area (Å²) in [6.07, 6.45) is 0.257. The second kappa shape index (κ2) is 4.30. The maximum atomic E-state index is 12.5. The third-order valence-electron chi connectivity index (χ3n) is 1.41. The standard InChI is InChI=1S/C6H12BrF/c1-3-5(2)6(8)4-7/h5-6H,3-4H2,1-2H3/t5-,6-/m0/s1. The first-order valence-electron chi connectivity index (χ1n) is 2.92. The minimum Gasteiger partial charge on any atom is -0.246 e. The molecule has 0 aromatic carbocycles. The van der Waals surface area contributed by atoms with Crippen molar-refractivity contribution < 1.29 is 4.39 Å². The van der Waals surface area contributed by atoms with Crippen LogP contribution in [-0.4, -0.2) is 11.5 Å². The monoisotopic (exact) mass is 182 g/mol. The molecular formula is C6H12BrF. The van der Waals surface area contributed by atoms with E-state index in [2.05, 4.69) is 15.9 Å². The minimum absolute atomic E-state index is 0.203. The molecular weight excluding hydrogens is 171 g/mol. The fraction of sp³-hybridized carbons (Fsp3) is 1.00. The SMILES string of the molecule is CC[C@H](C)[C@@H](F)CBr. The van der Waals surface area contributed by atoms with Gasteiger partial charge in [-0.2, -0.15) is 0 Å². The lowest BCUT2D eigenvalue weighted by atomic mass is 10.1. The van der Waals surface area contributed by atoms with Crippen LogP contribution in [0.3, 0.4) is 0 Å². The van der Waals surface area contributed by atoms with Crippen LogP contribution in [0.5, 0.6) is 0 Å². The summed E-state index contributed by atoms with van der Waals surface area (Å²) >= 11 is 3.08. The Hall–Kier alpha value is 0.410. The molecule has 0 bridgehead atoms. The van der Waals surface area contributed by atoms with E-state index in [1.165, 1.54) is 0 Å². The van der Waals surface area contributed by atoms with Crippen molar-refractivity contribution in [3.8, 4) is 0 Å². The van der Waals surface area contributed by atoms with Crippen molar-refractivity contribution in [1.29, 1.82) is 0 Å². The van der Waals surface area contributed by atoms with Crippen molar-refractivity contribution in [3.63, 3.8) is 0 Å². The van der Waals surface area contributed by atoms with Gasteiger partial charge < -0.3 is 0 Å². The fourth-order valence-electron chi connectivity index (χ4n) is 0.408. The van der Waals surface area contributed by atoms with Crippen LogP contribution in [0.15, 0.2) is 0 Å². The van der Waals surface area contributed by atoms with Gasteiger partial charge in [-0.15, -0.1) is 0 Å². The van der Waals surface area contributed by atoms with Crippen molar-refractivity contribution in [2.75, 3.05) is 5.33 Å². The van der Waals surface area contributed by atoms with Crippen LogP contribution < -0.4 is 0 Å². The molecule has 8 heavy (non-hydrogen) atoms. The molecule has 0 saturated carbocycles. The summed E-state index contributed by atoms with van der Waals surface area (Å²) in [7, 11) is 0. The van der Waals surface area contributed by atoms with Gasteiger partial charge in [-0.3, -0.25) is 0 Å². The third-order valence-corrected chi connectivity index (χ3v) is 2.03. The van der Waals surface area contributed by atoms with Crippen molar-refractivity contribution in [2.24, 2.45) is 5.92 Å². The van der Waals surface area contributed by atoms with E-state index in [1.807, 2.05) is 13.8 Å². The molecule has 0 aromatic rings. The van der Waals surface area contributed by atoms with Crippen molar-refractivity contribution in [2.45, 2.75) is 26.4 Å². The largest absolute Gasteiger partial charge is 0.246 e. The first-order chi connectivity index (χ1) is 3.72. The van der Waals surface area contributed by atoms with Crippen LogP contribution in [0.1, 0.15) is 20.3 Å². The van der Waals surface area contributed by atoms with Gasteiger partial charge in [0.25, 0.3) is 0 Å². The van der Waals surface area contributed by atoms with Gasteiger partial charge in [0.15, 0.2) is 0 Å². The Morgan fingerprint density at radius 2 is 2.12 bits per heavy atom. The van der Waals surface area contributed by atoms with Gasteiger partial charge in [-0.25, -0.2) is 4.39 Å². The zero-order chi connectivity index (χ0) is 6.57. The summed E-state index contributed by atoms with van der Waals surface area (Å²) in [6, 6.07) is 0. The van der Waals surface area contributed by atoms with Gasteiger partial charge in [0.2, 0.25) is 0 Å². The van der Waals surface area contributed by atoms with E-state index >= 15 is 0 Å². The predicted octanol–water partition coefficient (Wildman–Crippen LogP) is 2.77. The second-order valence-corrected chi connectivity index (χ2v) is 2.70. The van der Waals surface area contributed by atoms with Crippen molar-refractivity contribution in [3.05, 3.63) is 0 Å². The van der Waals surface area contributed by atoms with E-state index in [0.29, 0.717) is 5.33 Å². The lowest BCUT2D eigenvalue weighted by Gasteiger charge is -2.09. The quantitative estimate of drug-likeness (QED) is 0.590. The summed E-state index contributed by atoms with van der Waals surface area (Å²) in [5, 5.41) is 0.474. The van der Waals surface area contributed by atoms with E-state index < -0.39 is 6.17 Å². The number of hydrogen-bond acceptors (Lipinski definition) is 0. The molecule has 2 heteroatoms. The Labute approximate surface area is 58.6 Å². The van der Waals surface area contributed by atoms with Gasteiger partial charge in [-0.05, 0) is 5.92 Å². The second-order valence-electron chi connectivity index (χ2n) is 2.06. The molecule has 0 aliphatic carbocycles. The lowest BCUT2D eigenvalue weighted by molar-refractivity contribution is 0.265. The first-order valence-corrected chi connectivity index (χ1v) is 4.04. The highest BCUT2D eigenvalue weighted by molar-refractivity contribution is 9.09. The summed E-state index contributed by atoms with van der Waals surface area (Å²) in [4.78, 5) is 0. The van der Waals surface area contributed by atoms with Crippen LogP contribution >= 0.6 is 15.9 Å². The summed E-state index contributed by atoms with van der Waals surface area (Å²) in [5.74, 6) is 0.203. The molecule has 2 atom stereocenters. The zero-order valence-electron chi connectivity index (χ0n) is 5.32. The smallest absolute Gasteiger partial charge is 0.112 e. The van der Waals surface area contributed by atoms with Gasteiger partial charge in [0, 0.05) is 5.33 Å². The average molecular weight is 183 g/mol. The molecule has 0 aromatic heterocycles. The number of hydrogen-bond donors (Lipinski definition) is 0. The molecule has 0 radical (unpaired) electrons. The summed E-state index contributed by atoms with van der Waals surface area (Å²) in [5.41, 5.74) is 0. The molecule has 0 amide bonds. The molecule has 0 heterocycles. The first kappa shape index (κ1) is 8.41. The van der Waals surface area contributed by atoms with Gasteiger partial charge >= 0.3 is 0 Å². The van der Waals surface area contributed by atoms with Crippen molar-refractivity contribution >= 4 is 15.9 Å². The fourth-order valence-corrected chi connectivity index (χ4v) is 1.05. The number of rotatable bonds is 3. The van der Waals surface area contributed by atoms with Crippen LogP contribution in [0.4, 0.5) is 4.39 Å². The topological polar surface area (TPSA) is 0 Å². The maximum absolute atomic E-state index is 12.5. The molecule has 0 rings (SSSR count). The predicted molar refractivity (Wildman–Crippen MR) is 38.1 cm³/mol. The van der Waals surface area contributed by atoms with Crippen LogP contribution in [0.2, 0.25) is 0 Å². The Morgan fingerprint density at radius 1 is 1.62 bits per heavy atom. The molecule has 0 unspecified atom stereocenters. The summed E-state index contributed by atoms with van der Waals surface area (Å²) in [6.45, 7) is 3.92. The molecule has 0 saturated heterocycles. The Morgan fingerprint density at radius 3 is 2.25 bits per heavy atom. The molecule has 0 aliphatic heterocycles. The molecule has 0 N–H and O–H groups in total. The molecule has 0 aliphatic rings. The van der Waals surface area contributed by atoms with Crippen molar-refractivity contribution in [1.82, 2.24) is 0 Å². The maximum Gasteiger partial charge on any atom is 0.112 e. The minimum atomic E-state index is -0.667. The molecule has 50 valence electrons. The molecule has 0 nitrogen and oxygen atoms in total.